The molecule has 9 nitrogen and oxygen atoms in total. The van der Waals surface area contributed by atoms with E-state index in [2.05, 4.69) is 73.0 Å². The van der Waals surface area contributed by atoms with E-state index < -0.39 is 16.1 Å². The molecule has 0 spiro atoms. The number of aliphatic hydroxyl groups is 1. The zero-order valence-electron chi connectivity index (χ0n) is 29.8. The number of aliphatic hydroxyl groups excluding tert-OH is 1. The van der Waals surface area contributed by atoms with Gasteiger partial charge in [0.25, 0.3) is 0 Å². The molecule has 5 N–H and O–H groups in total. The Bertz CT molecular complexity index is 1760. The van der Waals surface area contributed by atoms with Gasteiger partial charge in [0.2, 0.25) is 10.0 Å². The molecule has 0 aliphatic rings. The predicted molar refractivity (Wildman–Crippen MR) is 202 cm³/mol. The molecule has 0 bridgehead atoms. The van der Waals surface area contributed by atoms with Gasteiger partial charge in [0.1, 0.15) is 17.2 Å². The van der Waals surface area contributed by atoms with E-state index in [1.807, 2.05) is 36.4 Å². The summed E-state index contributed by atoms with van der Waals surface area (Å²) in [6.45, 7) is 11.2. The van der Waals surface area contributed by atoms with Gasteiger partial charge in [0, 0.05) is 36.5 Å². The van der Waals surface area contributed by atoms with E-state index in [1.54, 1.807) is 12.1 Å². The second-order valence-corrected chi connectivity index (χ2v) is 15.2. The van der Waals surface area contributed by atoms with Crippen LogP contribution in [0.4, 0.5) is 5.69 Å². The lowest BCUT2D eigenvalue weighted by atomic mass is 9.86. The van der Waals surface area contributed by atoms with Crippen LogP contribution in [0, 0.1) is 0 Å². The molecular formula is C40H53N3O6S. The van der Waals surface area contributed by atoms with Crippen LogP contribution in [-0.2, 0) is 22.9 Å². The smallest absolute Gasteiger partial charge is 0.229 e. The van der Waals surface area contributed by atoms with E-state index in [0.717, 1.165) is 41.7 Å². The maximum absolute atomic E-state index is 11.6. The first-order valence-corrected chi connectivity index (χ1v) is 19.2. The highest BCUT2D eigenvalue weighted by atomic mass is 32.2. The van der Waals surface area contributed by atoms with Crippen molar-refractivity contribution in [1.29, 1.82) is 0 Å². The minimum absolute atomic E-state index is 0.0263. The monoisotopic (exact) mass is 703 g/mol. The second-order valence-electron chi connectivity index (χ2n) is 13.4. The Balaban J connectivity index is 1.31. The van der Waals surface area contributed by atoms with Crippen LogP contribution in [0.2, 0.25) is 0 Å². The largest absolute Gasteiger partial charge is 0.508 e. The average molecular weight is 704 g/mol. The number of anilines is 1. The summed E-state index contributed by atoms with van der Waals surface area (Å²) in [7, 11) is -3.57. The maximum atomic E-state index is 11.6. The molecule has 0 amide bonds. The molecule has 4 aromatic carbocycles. The molecule has 0 aromatic heterocycles. The minimum Gasteiger partial charge on any atom is -0.508 e. The molecular weight excluding hydrogens is 651 g/mol. The quantitative estimate of drug-likeness (QED) is 0.0546. The highest BCUT2D eigenvalue weighted by Gasteiger charge is 2.22. The lowest BCUT2D eigenvalue weighted by molar-refractivity contribution is 0.170. The van der Waals surface area contributed by atoms with Crippen LogP contribution in [0.3, 0.4) is 0 Å². The third-order valence-corrected chi connectivity index (χ3v) is 9.45. The summed E-state index contributed by atoms with van der Waals surface area (Å²) in [6.07, 6.45) is 2.42. The lowest BCUT2D eigenvalue weighted by Crippen LogP contribution is -2.38. The summed E-state index contributed by atoms with van der Waals surface area (Å²) in [6, 6.07) is 29.5. The fraction of sp³-hybridized carbons (Fsp3) is 0.400. The van der Waals surface area contributed by atoms with Crippen molar-refractivity contribution in [3.05, 3.63) is 119 Å². The van der Waals surface area contributed by atoms with Crippen LogP contribution >= 0.6 is 0 Å². The van der Waals surface area contributed by atoms with Crippen LogP contribution in [0.1, 0.15) is 74.0 Å². The molecule has 4 rings (SSSR count). The van der Waals surface area contributed by atoms with Crippen molar-refractivity contribution in [3.63, 3.8) is 0 Å². The fourth-order valence-electron chi connectivity index (χ4n) is 6.33. The molecule has 2 unspecified atom stereocenters. The number of nitrogens with one attached hydrogen (secondary N) is 2. The van der Waals surface area contributed by atoms with Gasteiger partial charge in [-0.05, 0) is 106 Å². The summed E-state index contributed by atoms with van der Waals surface area (Å²) < 4.78 is 31.6. The van der Waals surface area contributed by atoms with Gasteiger partial charge in [-0.15, -0.1) is 0 Å². The number of ether oxygens (including phenoxy) is 1. The fourth-order valence-corrected chi connectivity index (χ4v) is 6.89. The number of benzene rings is 4. The molecule has 4 aromatic rings. The Labute approximate surface area is 298 Å². The zero-order chi connectivity index (χ0) is 36.3. The van der Waals surface area contributed by atoms with Gasteiger partial charge in [0.15, 0.2) is 0 Å². The van der Waals surface area contributed by atoms with Gasteiger partial charge in [0.05, 0.1) is 24.7 Å². The Morgan fingerprint density at radius 3 is 2.18 bits per heavy atom. The predicted octanol–water partition coefficient (Wildman–Crippen LogP) is 6.60. The van der Waals surface area contributed by atoms with Crippen molar-refractivity contribution in [2.24, 2.45) is 0 Å². The van der Waals surface area contributed by atoms with Crippen LogP contribution in [0.5, 0.6) is 17.2 Å². The van der Waals surface area contributed by atoms with Gasteiger partial charge in [-0.2, -0.15) is 0 Å². The summed E-state index contributed by atoms with van der Waals surface area (Å²) in [4.78, 5) is 2.49. The lowest BCUT2D eigenvalue weighted by Gasteiger charge is -2.32. The summed E-state index contributed by atoms with van der Waals surface area (Å²) >= 11 is 0. The van der Waals surface area contributed by atoms with Crippen LogP contribution < -0.4 is 14.8 Å². The van der Waals surface area contributed by atoms with Crippen molar-refractivity contribution >= 4 is 15.7 Å². The van der Waals surface area contributed by atoms with Crippen molar-refractivity contribution in [1.82, 2.24) is 10.2 Å². The Morgan fingerprint density at radius 1 is 0.780 bits per heavy atom. The summed E-state index contributed by atoms with van der Waals surface area (Å²) in [5, 5.41) is 34.8. The number of nitrogens with zero attached hydrogens (tertiary/aromatic N) is 1. The third kappa shape index (κ3) is 11.8. The van der Waals surface area contributed by atoms with E-state index in [9.17, 15) is 23.7 Å². The molecule has 2 atom stereocenters. The van der Waals surface area contributed by atoms with Gasteiger partial charge in [-0.25, -0.2) is 8.42 Å². The second kappa shape index (κ2) is 18.2. The van der Waals surface area contributed by atoms with Crippen molar-refractivity contribution in [2.45, 2.75) is 71.1 Å². The number of rotatable bonds is 19. The Hall–Kier alpha value is -4.09. The summed E-state index contributed by atoms with van der Waals surface area (Å²) in [5.74, 6) is 0.951. The molecule has 0 aliphatic heterocycles. The highest BCUT2D eigenvalue weighted by Crippen LogP contribution is 2.35. The molecule has 0 saturated carbocycles. The number of hydrogen-bond acceptors (Lipinski definition) is 8. The number of sulfonamides is 1. The van der Waals surface area contributed by atoms with E-state index in [1.165, 1.54) is 17.7 Å². The normalized spacial score (nSPS) is 13.1. The van der Waals surface area contributed by atoms with E-state index >= 15 is 0 Å². The number of phenols is 2. The topological polar surface area (TPSA) is 131 Å². The van der Waals surface area contributed by atoms with Crippen LogP contribution in [-0.4, -0.2) is 73.2 Å². The van der Waals surface area contributed by atoms with Crippen LogP contribution in [0.15, 0.2) is 91.0 Å². The first-order valence-electron chi connectivity index (χ1n) is 17.3. The third-order valence-electron chi connectivity index (χ3n) is 8.86. The Kier molecular flexibility index (Phi) is 14.1. The number of aromatic hydroxyl groups is 2. The molecule has 0 heterocycles. The first-order chi connectivity index (χ1) is 23.8. The number of hydrogen-bond donors (Lipinski definition) is 5. The van der Waals surface area contributed by atoms with Crippen molar-refractivity contribution in [3.8, 4) is 17.2 Å². The van der Waals surface area contributed by atoms with E-state index in [4.69, 9.17) is 4.74 Å². The molecule has 0 fully saturated rings. The number of phenolic OH excluding ortho intramolecular Hbond substituents is 2. The SMILES string of the molecule is CC(C)N(CCC(c1ccccc1)c1cc(CCOc2cccc(CCNCC(O)c3ccc(O)c(NS(C)(=O)=O)c3)c2)ccc1O)C(C)C. The van der Waals surface area contributed by atoms with Gasteiger partial charge >= 0.3 is 0 Å². The molecule has 0 radical (unpaired) electrons. The van der Waals surface area contributed by atoms with Gasteiger partial charge in [-0.3, -0.25) is 9.62 Å². The molecule has 0 saturated heterocycles. The molecule has 0 aliphatic carbocycles. The average Bonchev–Trinajstić information content (AvgIpc) is 3.06. The van der Waals surface area contributed by atoms with Crippen molar-refractivity contribution < 1.29 is 28.5 Å². The van der Waals surface area contributed by atoms with Gasteiger partial charge in [-0.1, -0.05) is 60.7 Å². The summed E-state index contributed by atoms with van der Waals surface area (Å²) in [5.41, 5.74) is 4.84. The Morgan fingerprint density at radius 2 is 1.48 bits per heavy atom. The zero-order valence-corrected chi connectivity index (χ0v) is 30.7. The van der Waals surface area contributed by atoms with Crippen LogP contribution in [0.25, 0.3) is 0 Å². The maximum Gasteiger partial charge on any atom is 0.229 e. The molecule has 270 valence electrons. The minimum atomic E-state index is -3.57. The van der Waals surface area contributed by atoms with Gasteiger partial charge < -0.3 is 25.4 Å². The molecule has 50 heavy (non-hydrogen) atoms. The van der Waals surface area contributed by atoms with E-state index in [-0.39, 0.29) is 23.9 Å². The first kappa shape index (κ1) is 38.7. The highest BCUT2D eigenvalue weighted by molar-refractivity contribution is 7.92. The van der Waals surface area contributed by atoms with Crippen molar-refractivity contribution in [2.75, 3.05) is 37.2 Å². The molecule has 10 heteroatoms. The standard InChI is InChI=1S/C40H53N3O6S/c1-28(2)43(29(3)4)22-19-35(32-11-7-6-8-12-32)36-25-31(14-16-38(36)44)20-23-49-34-13-9-10-30(24-34)18-21-41-27-40(46)33-15-17-39(45)37(26-33)42-50(5,47)48/h6-17,24-26,28-29,35,40-42,44-46H,18-23,27H2,1-5H3. The van der Waals surface area contributed by atoms with E-state index in [0.29, 0.717) is 49.4 Å².